The van der Waals surface area contributed by atoms with Crippen LogP contribution in [0.2, 0.25) is 0 Å². The Labute approximate surface area is 195 Å². The molecule has 174 valence electrons. The molecule has 0 radical (unpaired) electrons. The van der Waals surface area contributed by atoms with E-state index in [1.54, 1.807) is 25.1 Å². The third-order valence-corrected chi connectivity index (χ3v) is 5.42. The maximum atomic E-state index is 12.9. The summed E-state index contributed by atoms with van der Waals surface area (Å²) in [5.41, 5.74) is 4.45. The molecule has 34 heavy (non-hydrogen) atoms. The number of rotatable bonds is 7. The largest absolute Gasteiger partial charge is 0.495 e. The molecule has 0 saturated carbocycles. The van der Waals surface area contributed by atoms with Crippen LogP contribution in [0.1, 0.15) is 28.4 Å². The normalized spacial score (nSPS) is 10.8. The zero-order valence-electron chi connectivity index (χ0n) is 19.2. The van der Waals surface area contributed by atoms with Gasteiger partial charge < -0.3 is 19.2 Å². The summed E-state index contributed by atoms with van der Waals surface area (Å²) < 4.78 is 16.6. The number of oxazole rings is 1. The van der Waals surface area contributed by atoms with E-state index in [1.807, 2.05) is 26.0 Å². The second-order valence-corrected chi connectivity index (χ2v) is 7.67. The lowest BCUT2D eigenvalue weighted by atomic mass is 10.1. The van der Waals surface area contributed by atoms with Crippen molar-refractivity contribution in [3.05, 3.63) is 75.3 Å². The van der Waals surface area contributed by atoms with Crippen LogP contribution in [0.25, 0.3) is 22.6 Å². The van der Waals surface area contributed by atoms with Crippen LogP contribution in [0.4, 0.5) is 11.4 Å². The molecule has 4 rings (SSSR count). The number of hydrogen-bond acceptors (Lipinski definition) is 7. The second-order valence-electron chi connectivity index (χ2n) is 7.67. The molecule has 0 aliphatic carbocycles. The first kappa shape index (κ1) is 22.8. The van der Waals surface area contributed by atoms with Crippen molar-refractivity contribution in [2.45, 2.75) is 20.8 Å². The molecule has 3 aromatic carbocycles. The van der Waals surface area contributed by atoms with Crippen molar-refractivity contribution in [3.63, 3.8) is 0 Å². The van der Waals surface area contributed by atoms with Gasteiger partial charge in [-0.2, -0.15) is 0 Å². The van der Waals surface area contributed by atoms with Crippen LogP contribution in [0.15, 0.2) is 52.9 Å². The number of nitrogens with one attached hydrogen (secondary N) is 1. The van der Waals surface area contributed by atoms with Crippen molar-refractivity contribution in [2.75, 3.05) is 19.0 Å². The molecule has 9 nitrogen and oxygen atoms in total. The van der Waals surface area contributed by atoms with Gasteiger partial charge in [0.05, 0.1) is 24.3 Å². The van der Waals surface area contributed by atoms with Crippen molar-refractivity contribution < 1.29 is 23.6 Å². The number of aryl methyl sites for hydroxylation is 2. The average Bonchev–Trinajstić information content (AvgIpc) is 3.22. The van der Waals surface area contributed by atoms with Crippen molar-refractivity contribution in [2.24, 2.45) is 0 Å². The molecule has 0 fully saturated rings. The zero-order chi connectivity index (χ0) is 24.4. The van der Waals surface area contributed by atoms with E-state index in [9.17, 15) is 14.9 Å². The Morgan fingerprint density at radius 3 is 2.53 bits per heavy atom. The first-order chi connectivity index (χ1) is 16.3. The Hall–Kier alpha value is -4.40. The fourth-order valence-electron chi connectivity index (χ4n) is 3.52. The number of ether oxygens (including phenoxy) is 2. The van der Waals surface area contributed by atoms with Gasteiger partial charge in [-0.3, -0.25) is 14.9 Å². The molecule has 9 heteroatoms. The number of aromatic nitrogens is 1. The Morgan fingerprint density at radius 1 is 1.09 bits per heavy atom. The monoisotopic (exact) mass is 461 g/mol. The molecule has 1 aromatic heterocycles. The number of anilines is 1. The van der Waals surface area contributed by atoms with E-state index in [0.717, 1.165) is 16.6 Å². The number of carbonyl (C=O) groups excluding carboxylic acids is 1. The highest BCUT2D eigenvalue weighted by molar-refractivity contribution is 6.06. The van der Waals surface area contributed by atoms with Crippen LogP contribution in [0.5, 0.6) is 11.5 Å². The van der Waals surface area contributed by atoms with E-state index in [0.29, 0.717) is 28.5 Å². The number of fused-ring (bicyclic) bond motifs is 1. The molecular weight excluding hydrogens is 438 g/mol. The molecule has 1 heterocycles. The predicted molar refractivity (Wildman–Crippen MR) is 128 cm³/mol. The maximum absolute atomic E-state index is 12.9. The van der Waals surface area contributed by atoms with E-state index >= 15 is 0 Å². The predicted octanol–water partition coefficient (Wildman–Crippen LogP) is 5.68. The van der Waals surface area contributed by atoms with Gasteiger partial charge in [-0.25, -0.2) is 4.98 Å². The lowest BCUT2D eigenvalue weighted by Crippen LogP contribution is -2.13. The summed E-state index contributed by atoms with van der Waals surface area (Å²) >= 11 is 0. The fraction of sp³-hybridized carbons (Fsp3) is 0.200. The topological polar surface area (TPSA) is 117 Å². The highest BCUT2D eigenvalue weighted by Crippen LogP contribution is 2.33. The molecule has 0 unspecified atom stereocenters. The Balaban J connectivity index is 1.67. The van der Waals surface area contributed by atoms with Gasteiger partial charge in [0.25, 0.3) is 5.91 Å². The van der Waals surface area contributed by atoms with Crippen LogP contribution in [-0.2, 0) is 0 Å². The molecule has 1 N–H and O–H groups in total. The summed E-state index contributed by atoms with van der Waals surface area (Å²) in [6.45, 7) is 6.01. The molecule has 0 atom stereocenters. The molecule has 0 saturated heterocycles. The quantitative estimate of drug-likeness (QED) is 0.278. The molecule has 0 spiro atoms. The van der Waals surface area contributed by atoms with Gasteiger partial charge >= 0.3 is 5.69 Å². The molecule has 0 aliphatic rings. The average molecular weight is 461 g/mol. The van der Waals surface area contributed by atoms with Gasteiger partial charge in [0.1, 0.15) is 11.3 Å². The number of carbonyl (C=O) groups is 1. The van der Waals surface area contributed by atoms with Gasteiger partial charge in [0, 0.05) is 17.2 Å². The molecule has 0 aliphatic heterocycles. The first-order valence-corrected chi connectivity index (χ1v) is 10.6. The highest BCUT2D eigenvalue weighted by Gasteiger charge is 2.20. The van der Waals surface area contributed by atoms with Crippen molar-refractivity contribution in [1.82, 2.24) is 4.98 Å². The number of amides is 1. The van der Waals surface area contributed by atoms with Gasteiger partial charge in [-0.05, 0) is 74.4 Å². The summed E-state index contributed by atoms with van der Waals surface area (Å²) in [6, 6.07) is 13.1. The first-order valence-electron chi connectivity index (χ1n) is 10.6. The smallest absolute Gasteiger partial charge is 0.311 e. The second kappa shape index (κ2) is 9.22. The molecule has 1 amide bonds. The van der Waals surface area contributed by atoms with Crippen LogP contribution in [0, 0.1) is 24.0 Å². The summed E-state index contributed by atoms with van der Waals surface area (Å²) in [5, 5.41) is 14.2. The minimum Gasteiger partial charge on any atom is -0.495 e. The number of methoxy groups -OCH3 is 1. The minimum absolute atomic E-state index is 0.102. The summed E-state index contributed by atoms with van der Waals surface area (Å²) in [7, 11) is 1.48. The van der Waals surface area contributed by atoms with E-state index in [2.05, 4.69) is 10.3 Å². The van der Waals surface area contributed by atoms with Crippen LogP contribution in [0.3, 0.4) is 0 Å². The van der Waals surface area contributed by atoms with Crippen LogP contribution in [-0.4, -0.2) is 29.5 Å². The van der Waals surface area contributed by atoms with Gasteiger partial charge in [-0.1, -0.05) is 0 Å². The van der Waals surface area contributed by atoms with Crippen molar-refractivity contribution in [3.8, 4) is 23.0 Å². The Kier molecular flexibility index (Phi) is 6.18. The zero-order valence-corrected chi connectivity index (χ0v) is 19.2. The van der Waals surface area contributed by atoms with Crippen molar-refractivity contribution in [1.29, 1.82) is 0 Å². The van der Waals surface area contributed by atoms with E-state index in [-0.39, 0.29) is 23.6 Å². The van der Waals surface area contributed by atoms with E-state index < -0.39 is 10.8 Å². The van der Waals surface area contributed by atoms with Crippen LogP contribution < -0.4 is 14.8 Å². The SMILES string of the molecule is CCOc1ccc(C(=O)Nc2cc(-c3nc4cc(C)c(C)cc4o3)ccc2OC)cc1[N+](=O)[O-]. The Morgan fingerprint density at radius 2 is 1.82 bits per heavy atom. The van der Waals surface area contributed by atoms with Gasteiger partial charge in [0.2, 0.25) is 5.89 Å². The number of nitrogens with zero attached hydrogens (tertiary/aromatic N) is 2. The summed E-state index contributed by atoms with van der Waals surface area (Å²) in [5.74, 6) is 0.380. The minimum atomic E-state index is -0.584. The fourth-order valence-corrected chi connectivity index (χ4v) is 3.52. The van der Waals surface area contributed by atoms with Gasteiger partial charge in [0.15, 0.2) is 11.3 Å². The standard InChI is InChI=1S/C25H23N3O6/c1-5-33-22-9-6-16(13-20(22)28(30)31)24(29)26-19-12-17(7-8-21(19)32-4)25-27-18-10-14(2)15(3)11-23(18)34-25/h6-13H,5H2,1-4H3,(H,26,29). The molecular formula is C25H23N3O6. The lowest BCUT2D eigenvalue weighted by molar-refractivity contribution is -0.385. The number of nitro benzene ring substituents is 1. The molecule has 0 bridgehead atoms. The Bertz CT molecular complexity index is 1370. The van der Waals surface area contributed by atoms with Gasteiger partial charge in [-0.15, -0.1) is 0 Å². The van der Waals surface area contributed by atoms with Crippen molar-refractivity contribution >= 4 is 28.4 Å². The summed E-state index contributed by atoms with van der Waals surface area (Å²) in [4.78, 5) is 28.3. The maximum Gasteiger partial charge on any atom is 0.311 e. The highest BCUT2D eigenvalue weighted by atomic mass is 16.6. The van der Waals surface area contributed by atoms with Crippen LogP contribution >= 0.6 is 0 Å². The summed E-state index contributed by atoms with van der Waals surface area (Å²) in [6.07, 6.45) is 0. The van der Waals surface area contributed by atoms with E-state index in [4.69, 9.17) is 13.9 Å². The number of nitro groups is 1. The molecule has 4 aromatic rings. The third-order valence-electron chi connectivity index (χ3n) is 5.42. The number of hydrogen-bond donors (Lipinski definition) is 1. The number of benzene rings is 3. The van der Waals surface area contributed by atoms with E-state index in [1.165, 1.54) is 25.3 Å². The third kappa shape index (κ3) is 4.40. The lowest BCUT2D eigenvalue weighted by Gasteiger charge is -2.12.